The summed E-state index contributed by atoms with van der Waals surface area (Å²) in [5.74, 6) is 2.29. The van der Waals surface area contributed by atoms with Crippen LogP contribution in [0.25, 0.3) is 0 Å². The van der Waals surface area contributed by atoms with E-state index < -0.39 is 0 Å². The Kier molecular flexibility index (Phi) is 5.53. The van der Waals surface area contributed by atoms with E-state index >= 15 is 0 Å². The summed E-state index contributed by atoms with van der Waals surface area (Å²) in [4.78, 5) is 0. The van der Waals surface area contributed by atoms with E-state index in [0.717, 1.165) is 34.1 Å². The molecule has 0 aliphatic heterocycles. The molecular formula is C19H22N2O4. The summed E-state index contributed by atoms with van der Waals surface area (Å²) in [5.41, 5.74) is 2.93. The van der Waals surface area contributed by atoms with E-state index in [1.807, 2.05) is 50.2 Å². The highest BCUT2D eigenvalue weighted by Gasteiger charge is 2.12. The fourth-order valence-electron chi connectivity index (χ4n) is 2.55. The van der Waals surface area contributed by atoms with E-state index in [-0.39, 0.29) is 12.6 Å². The van der Waals surface area contributed by atoms with Crippen molar-refractivity contribution in [1.29, 1.82) is 0 Å². The molecule has 3 aromatic rings. The number of ether oxygens (including phenoxy) is 1. The number of hydrogen-bond acceptors (Lipinski definition) is 6. The smallest absolute Gasteiger partial charge is 0.140 e. The second-order valence-corrected chi connectivity index (χ2v) is 5.87. The first-order valence-corrected chi connectivity index (χ1v) is 8.18. The fraction of sp³-hybridized carbons (Fsp3) is 0.316. The van der Waals surface area contributed by atoms with E-state index in [9.17, 15) is 5.11 Å². The Hall–Kier alpha value is -2.57. The normalized spacial score (nSPS) is 12.3. The lowest BCUT2D eigenvalue weighted by atomic mass is 10.2. The molecule has 1 aromatic carbocycles. The number of aryl methyl sites for hydroxylation is 2. The SMILES string of the molecule is Cc1noc(C)c1COc1ccc(CNC(CO)c2ccco2)cc1. The van der Waals surface area contributed by atoms with Gasteiger partial charge in [-0.25, -0.2) is 0 Å². The summed E-state index contributed by atoms with van der Waals surface area (Å²) in [6, 6.07) is 11.3. The molecule has 25 heavy (non-hydrogen) atoms. The monoisotopic (exact) mass is 342 g/mol. The van der Waals surface area contributed by atoms with Crippen LogP contribution in [0, 0.1) is 13.8 Å². The van der Waals surface area contributed by atoms with Crippen molar-refractivity contribution in [1.82, 2.24) is 10.5 Å². The highest BCUT2D eigenvalue weighted by molar-refractivity contribution is 5.28. The van der Waals surface area contributed by atoms with Gasteiger partial charge < -0.3 is 24.1 Å². The third-order valence-electron chi connectivity index (χ3n) is 4.11. The zero-order valence-electron chi connectivity index (χ0n) is 14.4. The van der Waals surface area contributed by atoms with Crippen molar-refractivity contribution in [2.75, 3.05) is 6.61 Å². The van der Waals surface area contributed by atoms with E-state index in [2.05, 4.69) is 10.5 Å². The van der Waals surface area contributed by atoms with Gasteiger partial charge >= 0.3 is 0 Å². The summed E-state index contributed by atoms with van der Waals surface area (Å²) in [7, 11) is 0. The molecule has 1 atom stereocenters. The van der Waals surface area contributed by atoms with E-state index in [1.165, 1.54) is 0 Å². The minimum absolute atomic E-state index is 0.0217. The van der Waals surface area contributed by atoms with Crippen LogP contribution < -0.4 is 10.1 Å². The zero-order valence-corrected chi connectivity index (χ0v) is 14.4. The molecule has 6 heteroatoms. The predicted molar refractivity (Wildman–Crippen MR) is 92.1 cm³/mol. The maximum absolute atomic E-state index is 9.47. The molecule has 0 amide bonds. The van der Waals surface area contributed by atoms with Crippen molar-refractivity contribution in [3.05, 3.63) is 71.0 Å². The molecule has 0 fully saturated rings. The number of aliphatic hydroxyl groups excluding tert-OH is 1. The Bertz CT molecular complexity index is 759. The lowest BCUT2D eigenvalue weighted by Crippen LogP contribution is -2.23. The molecule has 0 radical (unpaired) electrons. The summed E-state index contributed by atoms with van der Waals surface area (Å²) >= 11 is 0. The van der Waals surface area contributed by atoms with Gasteiger partial charge in [0.1, 0.15) is 23.9 Å². The number of aliphatic hydroxyl groups is 1. The van der Waals surface area contributed by atoms with Crippen molar-refractivity contribution in [3.63, 3.8) is 0 Å². The van der Waals surface area contributed by atoms with Gasteiger partial charge in [0.15, 0.2) is 0 Å². The van der Waals surface area contributed by atoms with Crippen LogP contribution in [-0.2, 0) is 13.2 Å². The van der Waals surface area contributed by atoms with Crippen LogP contribution in [-0.4, -0.2) is 16.9 Å². The van der Waals surface area contributed by atoms with Gasteiger partial charge in [-0.3, -0.25) is 0 Å². The standard InChI is InChI=1S/C19H22N2O4/c1-13-17(14(2)25-21-13)12-24-16-7-5-15(6-8-16)10-20-18(11-22)19-4-3-9-23-19/h3-9,18,20,22H,10-12H2,1-2H3. The molecule has 2 aromatic heterocycles. The molecule has 2 heterocycles. The summed E-state index contributed by atoms with van der Waals surface area (Å²) in [6.07, 6.45) is 1.60. The van der Waals surface area contributed by atoms with Crippen molar-refractivity contribution in [3.8, 4) is 5.75 Å². The average molecular weight is 342 g/mol. The molecule has 6 nitrogen and oxygen atoms in total. The van der Waals surface area contributed by atoms with Gasteiger partial charge in [0.05, 0.1) is 30.2 Å². The lowest BCUT2D eigenvalue weighted by Gasteiger charge is -2.14. The Balaban J connectivity index is 1.53. The molecule has 132 valence electrons. The maximum atomic E-state index is 9.47. The molecule has 0 aliphatic carbocycles. The molecule has 0 spiro atoms. The van der Waals surface area contributed by atoms with Crippen LogP contribution in [0.2, 0.25) is 0 Å². The van der Waals surface area contributed by atoms with Gasteiger partial charge in [-0.05, 0) is 43.7 Å². The Labute approximate surface area is 146 Å². The third-order valence-corrected chi connectivity index (χ3v) is 4.11. The Morgan fingerprint density at radius 1 is 1.20 bits per heavy atom. The van der Waals surface area contributed by atoms with Gasteiger partial charge in [0.25, 0.3) is 0 Å². The van der Waals surface area contributed by atoms with E-state index in [1.54, 1.807) is 6.26 Å². The molecule has 3 rings (SSSR count). The molecule has 0 aliphatic rings. The van der Waals surface area contributed by atoms with Crippen LogP contribution in [0.15, 0.2) is 51.6 Å². The molecule has 1 unspecified atom stereocenters. The summed E-state index contributed by atoms with van der Waals surface area (Å²) in [5, 5.41) is 16.7. The molecule has 2 N–H and O–H groups in total. The number of furan rings is 1. The highest BCUT2D eigenvalue weighted by atomic mass is 16.5. The molecule has 0 bridgehead atoms. The fourth-order valence-corrected chi connectivity index (χ4v) is 2.55. The van der Waals surface area contributed by atoms with Crippen molar-refractivity contribution < 1.29 is 18.8 Å². The minimum atomic E-state index is -0.217. The molecular weight excluding hydrogens is 320 g/mol. The molecule has 0 saturated heterocycles. The first kappa shape index (κ1) is 17.3. The van der Waals surface area contributed by atoms with Crippen molar-refractivity contribution in [2.45, 2.75) is 33.0 Å². The number of benzene rings is 1. The molecule has 0 saturated carbocycles. The number of hydrogen-bond donors (Lipinski definition) is 2. The van der Waals surface area contributed by atoms with Crippen LogP contribution in [0.3, 0.4) is 0 Å². The Morgan fingerprint density at radius 2 is 2.00 bits per heavy atom. The van der Waals surface area contributed by atoms with Crippen LogP contribution >= 0.6 is 0 Å². The van der Waals surface area contributed by atoms with Gasteiger partial charge in [0.2, 0.25) is 0 Å². The minimum Gasteiger partial charge on any atom is -0.489 e. The number of aromatic nitrogens is 1. The van der Waals surface area contributed by atoms with E-state index in [4.69, 9.17) is 13.7 Å². The largest absolute Gasteiger partial charge is 0.489 e. The van der Waals surface area contributed by atoms with Gasteiger partial charge in [0, 0.05) is 6.54 Å². The lowest BCUT2D eigenvalue weighted by molar-refractivity contribution is 0.225. The maximum Gasteiger partial charge on any atom is 0.140 e. The Morgan fingerprint density at radius 3 is 2.60 bits per heavy atom. The zero-order chi connectivity index (χ0) is 17.6. The highest BCUT2D eigenvalue weighted by Crippen LogP contribution is 2.19. The predicted octanol–water partition coefficient (Wildman–Crippen LogP) is 3.29. The number of nitrogens with one attached hydrogen (secondary N) is 1. The van der Waals surface area contributed by atoms with Crippen LogP contribution in [0.4, 0.5) is 0 Å². The van der Waals surface area contributed by atoms with Gasteiger partial charge in [-0.15, -0.1) is 0 Å². The second kappa shape index (κ2) is 8.00. The van der Waals surface area contributed by atoms with Crippen molar-refractivity contribution >= 4 is 0 Å². The number of rotatable bonds is 8. The number of nitrogens with zero attached hydrogens (tertiary/aromatic N) is 1. The van der Waals surface area contributed by atoms with Crippen LogP contribution in [0.1, 0.15) is 34.4 Å². The van der Waals surface area contributed by atoms with Gasteiger partial charge in [-0.2, -0.15) is 0 Å². The topological polar surface area (TPSA) is 80.7 Å². The van der Waals surface area contributed by atoms with Crippen molar-refractivity contribution in [2.24, 2.45) is 0 Å². The van der Waals surface area contributed by atoms with E-state index in [0.29, 0.717) is 13.2 Å². The first-order valence-electron chi connectivity index (χ1n) is 8.18. The average Bonchev–Trinajstić information content (AvgIpc) is 3.26. The second-order valence-electron chi connectivity index (χ2n) is 5.87. The summed E-state index contributed by atoms with van der Waals surface area (Å²) < 4.78 is 16.3. The van der Waals surface area contributed by atoms with Crippen LogP contribution in [0.5, 0.6) is 5.75 Å². The van der Waals surface area contributed by atoms with Gasteiger partial charge in [-0.1, -0.05) is 17.3 Å². The first-order chi connectivity index (χ1) is 12.2. The quantitative estimate of drug-likeness (QED) is 0.654. The summed E-state index contributed by atoms with van der Waals surface area (Å²) in [6.45, 7) is 4.82. The third kappa shape index (κ3) is 4.29.